The molecule has 4 heteroatoms. The molecule has 1 unspecified atom stereocenters. The molecule has 2 rings (SSSR count). The van der Waals surface area contributed by atoms with Gasteiger partial charge in [0.15, 0.2) is 0 Å². The van der Waals surface area contributed by atoms with Crippen molar-refractivity contribution in [2.24, 2.45) is 0 Å². The number of nitrogens with one attached hydrogen (secondary N) is 1. The van der Waals surface area contributed by atoms with Crippen molar-refractivity contribution in [1.29, 1.82) is 0 Å². The first-order valence-electron chi connectivity index (χ1n) is 6.42. The molecule has 0 fully saturated rings. The van der Waals surface area contributed by atoms with Gasteiger partial charge in [0.2, 0.25) is 0 Å². The SMILES string of the molecule is CCCNC(Cc1ccccc1F)c1sccc1Br. The van der Waals surface area contributed by atoms with Gasteiger partial charge in [0.1, 0.15) is 5.82 Å². The Kier molecular flexibility index (Phi) is 5.55. The van der Waals surface area contributed by atoms with Crippen LogP contribution in [0.15, 0.2) is 40.2 Å². The highest BCUT2D eigenvalue weighted by molar-refractivity contribution is 9.10. The van der Waals surface area contributed by atoms with Gasteiger partial charge in [-0.3, -0.25) is 0 Å². The molecule has 19 heavy (non-hydrogen) atoms. The predicted molar refractivity (Wildman–Crippen MR) is 83.2 cm³/mol. The topological polar surface area (TPSA) is 12.0 Å². The highest BCUT2D eigenvalue weighted by Gasteiger charge is 2.17. The minimum absolute atomic E-state index is 0.126. The van der Waals surface area contributed by atoms with E-state index in [-0.39, 0.29) is 11.9 Å². The van der Waals surface area contributed by atoms with E-state index in [1.165, 1.54) is 10.9 Å². The zero-order valence-corrected chi connectivity index (χ0v) is 13.2. The van der Waals surface area contributed by atoms with Gasteiger partial charge in [0.05, 0.1) is 0 Å². The number of hydrogen-bond acceptors (Lipinski definition) is 2. The van der Waals surface area contributed by atoms with Gasteiger partial charge in [-0.05, 0) is 58.4 Å². The van der Waals surface area contributed by atoms with Gasteiger partial charge in [-0.2, -0.15) is 0 Å². The second kappa shape index (κ2) is 7.17. The van der Waals surface area contributed by atoms with Crippen molar-refractivity contribution >= 4 is 27.3 Å². The Morgan fingerprint density at radius 2 is 2.11 bits per heavy atom. The zero-order chi connectivity index (χ0) is 13.7. The summed E-state index contributed by atoms with van der Waals surface area (Å²) in [6, 6.07) is 9.20. The molecule has 0 aliphatic carbocycles. The molecule has 0 amide bonds. The van der Waals surface area contributed by atoms with Crippen molar-refractivity contribution in [2.45, 2.75) is 25.8 Å². The third-order valence-corrected chi connectivity index (χ3v) is 4.97. The van der Waals surface area contributed by atoms with Crippen LogP contribution in [0.4, 0.5) is 4.39 Å². The lowest BCUT2D eigenvalue weighted by Gasteiger charge is -2.18. The van der Waals surface area contributed by atoms with Crippen LogP contribution in [0.5, 0.6) is 0 Å². The second-order valence-corrected chi connectivity index (χ2v) is 6.24. The molecule has 0 bridgehead atoms. The van der Waals surface area contributed by atoms with Crippen molar-refractivity contribution in [3.8, 4) is 0 Å². The maximum atomic E-state index is 13.8. The molecule has 0 aliphatic heterocycles. The average Bonchev–Trinajstić information content (AvgIpc) is 2.83. The summed E-state index contributed by atoms with van der Waals surface area (Å²) in [6.45, 7) is 3.07. The van der Waals surface area contributed by atoms with Crippen LogP contribution in [0, 0.1) is 5.82 Å². The van der Waals surface area contributed by atoms with Crippen molar-refractivity contribution in [2.75, 3.05) is 6.54 Å². The van der Waals surface area contributed by atoms with Gasteiger partial charge in [0.25, 0.3) is 0 Å². The molecular formula is C15H17BrFNS. The van der Waals surface area contributed by atoms with E-state index in [0.717, 1.165) is 23.0 Å². The molecule has 0 saturated heterocycles. The summed E-state index contributed by atoms with van der Waals surface area (Å²) in [5, 5.41) is 5.56. The minimum Gasteiger partial charge on any atom is -0.309 e. The first-order valence-corrected chi connectivity index (χ1v) is 8.09. The number of hydrogen-bond donors (Lipinski definition) is 1. The fourth-order valence-electron chi connectivity index (χ4n) is 2.01. The summed E-state index contributed by atoms with van der Waals surface area (Å²) in [6.07, 6.45) is 1.74. The summed E-state index contributed by atoms with van der Waals surface area (Å²) >= 11 is 5.27. The third-order valence-electron chi connectivity index (χ3n) is 2.98. The van der Waals surface area contributed by atoms with Gasteiger partial charge in [-0.25, -0.2) is 4.39 Å². The van der Waals surface area contributed by atoms with Crippen LogP contribution in [0.25, 0.3) is 0 Å². The lowest BCUT2D eigenvalue weighted by atomic mass is 10.0. The van der Waals surface area contributed by atoms with Gasteiger partial charge in [-0.15, -0.1) is 11.3 Å². The summed E-state index contributed by atoms with van der Waals surface area (Å²) < 4.78 is 14.9. The molecule has 0 radical (unpaired) electrons. The van der Waals surface area contributed by atoms with Crippen LogP contribution < -0.4 is 5.32 Å². The molecule has 1 atom stereocenters. The predicted octanol–water partition coefficient (Wildman–Crippen LogP) is 4.93. The fourth-order valence-corrected chi connectivity index (χ4v) is 3.74. The van der Waals surface area contributed by atoms with E-state index >= 15 is 0 Å². The fraction of sp³-hybridized carbons (Fsp3) is 0.333. The largest absolute Gasteiger partial charge is 0.309 e. The van der Waals surface area contributed by atoms with Crippen molar-refractivity contribution in [1.82, 2.24) is 5.32 Å². The maximum absolute atomic E-state index is 13.8. The Hall–Kier alpha value is -0.710. The molecule has 1 nitrogen and oxygen atoms in total. The number of halogens is 2. The summed E-state index contributed by atoms with van der Waals surface area (Å²) in [7, 11) is 0. The highest BCUT2D eigenvalue weighted by atomic mass is 79.9. The average molecular weight is 342 g/mol. The molecule has 0 saturated carbocycles. The molecule has 0 spiro atoms. The van der Waals surface area contributed by atoms with Crippen LogP contribution in [0.1, 0.15) is 29.8 Å². The Balaban J connectivity index is 2.19. The maximum Gasteiger partial charge on any atom is 0.126 e. The zero-order valence-electron chi connectivity index (χ0n) is 10.8. The van der Waals surface area contributed by atoms with Gasteiger partial charge in [0, 0.05) is 15.4 Å². The van der Waals surface area contributed by atoms with E-state index in [4.69, 9.17) is 0 Å². The number of benzene rings is 1. The Labute approximate surface area is 126 Å². The molecule has 1 N–H and O–H groups in total. The molecule has 1 aromatic heterocycles. The summed E-state index contributed by atoms with van der Waals surface area (Å²) in [5.41, 5.74) is 0.761. The molecule has 2 aromatic rings. The van der Waals surface area contributed by atoms with E-state index in [0.29, 0.717) is 6.42 Å². The van der Waals surface area contributed by atoms with Crippen LogP contribution in [0.2, 0.25) is 0 Å². The van der Waals surface area contributed by atoms with Crippen molar-refractivity contribution < 1.29 is 4.39 Å². The van der Waals surface area contributed by atoms with E-state index in [9.17, 15) is 4.39 Å². The standard InChI is InChI=1S/C15H17BrFNS/c1-2-8-18-14(15-12(16)7-9-19-15)10-11-5-3-4-6-13(11)17/h3-7,9,14,18H,2,8,10H2,1H3. The summed E-state index contributed by atoms with van der Waals surface area (Å²) in [4.78, 5) is 1.23. The van der Waals surface area contributed by atoms with E-state index in [2.05, 4.69) is 33.6 Å². The van der Waals surface area contributed by atoms with Crippen LogP contribution in [0.3, 0.4) is 0 Å². The highest BCUT2D eigenvalue weighted by Crippen LogP contribution is 2.31. The minimum atomic E-state index is -0.126. The Bertz CT molecular complexity index is 526. The van der Waals surface area contributed by atoms with Crippen LogP contribution in [-0.2, 0) is 6.42 Å². The Morgan fingerprint density at radius 3 is 2.74 bits per heavy atom. The molecule has 0 aliphatic rings. The van der Waals surface area contributed by atoms with E-state index < -0.39 is 0 Å². The van der Waals surface area contributed by atoms with Gasteiger partial charge in [-0.1, -0.05) is 25.1 Å². The van der Waals surface area contributed by atoms with Crippen molar-refractivity contribution in [3.63, 3.8) is 0 Å². The normalized spacial score (nSPS) is 12.6. The molecular weight excluding hydrogens is 325 g/mol. The molecule has 1 aromatic carbocycles. The quantitative estimate of drug-likeness (QED) is 0.785. The second-order valence-electron chi connectivity index (χ2n) is 4.44. The van der Waals surface area contributed by atoms with Crippen LogP contribution >= 0.6 is 27.3 Å². The first kappa shape index (κ1) is 14.7. The van der Waals surface area contributed by atoms with Gasteiger partial charge < -0.3 is 5.32 Å². The van der Waals surface area contributed by atoms with E-state index in [1.807, 2.05) is 18.2 Å². The molecule has 1 heterocycles. The number of rotatable bonds is 6. The summed E-state index contributed by atoms with van der Waals surface area (Å²) in [5.74, 6) is -0.126. The Morgan fingerprint density at radius 1 is 1.32 bits per heavy atom. The molecule has 102 valence electrons. The smallest absolute Gasteiger partial charge is 0.126 e. The monoisotopic (exact) mass is 341 g/mol. The first-order chi connectivity index (χ1) is 9.22. The van der Waals surface area contributed by atoms with Gasteiger partial charge >= 0.3 is 0 Å². The van der Waals surface area contributed by atoms with E-state index in [1.54, 1.807) is 17.4 Å². The van der Waals surface area contributed by atoms with Crippen LogP contribution in [-0.4, -0.2) is 6.54 Å². The lowest BCUT2D eigenvalue weighted by Crippen LogP contribution is -2.24. The lowest BCUT2D eigenvalue weighted by molar-refractivity contribution is 0.518. The van der Waals surface area contributed by atoms with Crippen molar-refractivity contribution in [3.05, 3.63) is 56.4 Å². The third kappa shape index (κ3) is 3.88. The number of thiophene rings is 1.